The second-order valence-electron chi connectivity index (χ2n) is 6.94. The lowest BCUT2D eigenvalue weighted by atomic mass is 10.1. The monoisotopic (exact) mass is 557 g/mol. The lowest BCUT2D eigenvalue weighted by molar-refractivity contribution is -0.121. The Labute approximate surface area is 202 Å². The number of nitrogens with one attached hydrogen (secondary N) is 4. The number of aromatic amines is 1. The van der Waals surface area contributed by atoms with Gasteiger partial charge in [-0.2, -0.15) is 0 Å². The molecule has 1 atom stereocenters. The van der Waals surface area contributed by atoms with E-state index in [2.05, 4.69) is 43.2 Å². The van der Waals surface area contributed by atoms with E-state index in [1.807, 2.05) is 24.3 Å². The largest absolute Gasteiger partial charge is 0.334 e. The summed E-state index contributed by atoms with van der Waals surface area (Å²) in [5, 5.41) is 14.0. The smallest absolute Gasteiger partial charge is 0.288 e. The fourth-order valence-electron chi connectivity index (χ4n) is 3.12. The summed E-state index contributed by atoms with van der Waals surface area (Å²) in [6.45, 7) is 0. The number of amidine groups is 1. The predicted octanol–water partition coefficient (Wildman–Crippen LogP) is 4.43. The van der Waals surface area contributed by atoms with Crippen molar-refractivity contribution in [1.82, 2.24) is 20.6 Å². The highest BCUT2D eigenvalue weighted by Gasteiger charge is 2.26. The number of carbonyl (C=O) groups is 2. The Hall–Kier alpha value is -3.24. The molecular weight excluding hydrogens is 541 g/mol. The van der Waals surface area contributed by atoms with Crippen molar-refractivity contribution in [3.63, 3.8) is 0 Å². The summed E-state index contributed by atoms with van der Waals surface area (Å²) in [4.78, 5) is 33.3. The van der Waals surface area contributed by atoms with Crippen LogP contribution in [0.1, 0.15) is 27.8 Å². The molecule has 0 spiro atoms. The third-order valence-electron chi connectivity index (χ3n) is 4.71. The van der Waals surface area contributed by atoms with E-state index in [4.69, 9.17) is 17.0 Å². The van der Waals surface area contributed by atoms with Gasteiger partial charge in [0, 0.05) is 14.2 Å². The Bertz CT molecular complexity index is 1310. The Balaban J connectivity index is 1.59. The molecule has 0 radical (unpaired) electrons. The molecule has 4 aromatic rings. The second kappa shape index (κ2) is 9.49. The van der Waals surface area contributed by atoms with E-state index in [-0.39, 0.29) is 11.7 Å². The van der Waals surface area contributed by atoms with Crippen molar-refractivity contribution in [2.24, 2.45) is 0 Å². The average molecular weight is 558 g/mol. The quantitative estimate of drug-likeness (QED) is 0.165. The summed E-state index contributed by atoms with van der Waals surface area (Å²) in [5.74, 6) is -1.08. The van der Waals surface area contributed by atoms with E-state index >= 15 is 0 Å². The molecule has 2 amide bonds. The lowest BCUT2D eigenvalue weighted by Gasteiger charge is -2.19. The van der Waals surface area contributed by atoms with Gasteiger partial charge in [0.15, 0.2) is 5.82 Å². The van der Waals surface area contributed by atoms with Crippen LogP contribution in [0.5, 0.6) is 0 Å². The number of aromatic nitrogens is 2. The fourth-order valence-corrected chi connectivity index (χ4v) is 3.73. The van der Waals surface area contributed by atoms with Crippen LogP contribution < -0.4 is 10.6 Å². The van der Waals surface area contributed by atoms with Crippen LogP contribution in [-0.4, -0.2) is 27.6 Å². The minimum atomic E-state index is -1.06. The van der Waals surface area contributed by atoms with Gasteiger partial charge in [-0.1, -0.05) is 54.1 Å². The number of hydrogen-bond donors (Lipinski definition) is 4. The molecule has 0 aliphatic heterocycles. The Morgan fingerprint density at radius 1 is 1.03 bits per heavy atom. The van der Waals surface area contributed by atoms with Crippen molar-refractivity contribution in [3.05, 3.63) is 98.3 Å². The van der Waals surface area contributed by atoms with E-state index in [9.17, 15) is 9.59 Å². The number of rotatable bonds is 5. The maximum atomic E-state index is 13.1. The number of benzene rings is 3. The maximum absolute atomic E-state index is 13.1. The number of fused-ring (bicyclic) bond motifs is 1. The van der Waals surface area contributed by atoms with Gasteiger partial charge in [-0.3, -0.25) is 15.0 Å². The van der Waals surface area contributed by atoms with Gasteiger partial charge in [-0.05, 0) is 58.5 Å². The molecule has 9 heteroatoms. The van der Waals surface area contributed by atoms with Gasteiger partial charge in [0.25, 0.3) is 11.8 Å². The van der Waals surface area contributed by atoms with Crippen molar-refractivity contribution < 1.29 is 9.59 Å². The first-order valence-electron chi connectivity index (χ1n) is 9.57. The summed E-state index contributed by atoms with van der Waals surface area (Å²) >= 11 is 8.16. The highest BCUT2D eigenvalue weighted by molar-refractivity contribution is 14.1. The number of carbonyl (C=O) groups excluding carboxylic acids is 2. The highest BCUT2D eigenvalue weighted by Crippen LogP contribution is 2.19. The molecule has 3 aromatic carbocycles. The molecule has 0 aliphatic carbocycles. The predicted molar refractivity (Wildman–Crippen MR) is 132 cm³/mol. The van der Waals surface area contributed by atoms with Crippen LogP contribution in [0.4, 0.5) is 0 Å². The number of hydrogen-bond acceptors (Lipinski definition) is 4. The SMILES string of the molecule is N=C(NC(=O)C(NC(=O)c1nc2ccc(I)cc2[nH]1)c1ccc(Cl)cc1)c1ccccc1. The molecule has 0 fully saturated rings. The van der Waals surface area contributed by atoms with Gasteiger partial charge < -0.3 is 15.6 Å². The van der Waals surface area contributed by atoms with Gasteiger partial charge in [0.2, 0.25) is 0 Å². The van der Waals surface area contributed by atoms with E-state index in [0.29, 0.717) is 21.7 Å². The van der Waals surface area contributed by atoms with Crippen LogP contribution in [-0.2, 0) is 4.79 Å². The first kappa shape index (κ1) is 22.0. The molecule has 4 N–H and O–H groups in total. The molecule has 7 nitrogen and oxygen atoms in total. The number of H-pyrrole nitrogens is 1. The van der Waals surface area contributed by atoms with Crippen LogP contribution in [0.3, 0.4) is 0 Å². The zero-order valence-electron chi connectivity index (χ0n) is 16.5. The molecule has 0 saturated carbocycles. The van der Waals surface area contributed by atoms with Gasteiger partial charge >= 0.3 is 0 Å². The summed E-state index contributed by atoms with van der Waals surface area (Å²) in [6.07, 6.45) is 0. The van der Waals surface area contributed by atoms with Crippen molar-refractivity contribution >= 4 is 62.9 Å². The standard InChI is InChI=1S/C23H17ClIN5O2/c24-15-8-6-13(7-9-15)19(22(31)30-20(26)14-4-2-1-3-5-14)29-23(32)21-27-17-11-10-16(25)12-18(17)28-21/h1-12,19H,(H,27,28)(H,29,32)(H2,26,30,31). The molecule has 1 heterocycles. The lowest BCUT2D eigenvalue weighted by Crippen LogP contribution is -2.43. The normalized spacial score (nSPS) is 11.7. The number of imidazole rings is 1. The summed E-state index contributed by atoms with van der Waals surface area (Å²) in [7, 11) is 0. The molecule has 1 unspecified atom stereocenters. The Morgan fingerprint density at radius 3 is 2.47 bits per heavy atom. The van der Waals surface area contributed by atoms with Crippen molar-refractivity contribution in [3.8, 4) is 0 Å². The Kier molecular flexibility index (Phi) is 6.52. The molecule has 1 aromatic heterocycles. The number of amides is 2. The third-order valence-corrected chi connectivity index (χ3v) is 5.63. The van der Waals surface area contributed by atoms with E-state index in [1.165, 1.54) is 0 Å². The van der Waals surface area contributed by atoms with Crippen molar-refractivity contribution in [2.45, 2.75) is 6.04 Å². The number of halogens is 2. The molecular formula is C23H17ClIN5O2. The number of nitrogens with zero attached hydrogens (tertiary/aromatic N) is 1. The summed E-state index contributed by atoms with van der Waals surface area (Å²) in [5.41, 5.74) is 2.44. The second-order valence-corrected chi connectivity index (χ2v) is 8.62. The summed E-state index contributed by atoms with van der Waals surface area (Å²) < 4.78 is 1.00. The van der Waals surface area contributed by atoms with Crippen LogP contribution in [0.15, 0.2) is 72.8 Å². The Morgan fingerprint density at radius 2 is 1.75 bits per heavy atom. The van der Waals surface area contributed by atoms with Crippen LogP contribution in [0.2, 0.25) is 5.02 Å². The zero-order chi connectivity index (χ0) is 22.7. The zero-order valence-corrected chi connectivity index (χ0v) is 19.4. The van der Waals surface area contributed by atoms with Gasteiger partial charge in [-0.15, -0.1) is 0 Å². The van der Waals surface area contributed by atoms with Gasteiger partial charge in [-0.25, -0.2) is 4.98 Å². The maximum Gasteiger partial charge on any atom is 0.288 e. The van der Waals surface area contributed by atoms with E-state index < -0.39 is 17.9 Å². The minimum absolute atomic E-state index is 0.0675. The molecule has 0 aliphatic rings. The van der Waals surface area contributed by atoms with Gasteiger partial charge in [0.05, 0.1) is 11.0 Å². The molecule has 0 saturated heterocycles. The van der Waals surface area contributed by atoms with Crippen molar-refractivity contribution in [1.29, 1.82) is 5.41 Å². The fraction of sp³-hybridized carbons (Fsp3) is 0.0435. The molecule has 0 bridgehead atoms. The van der Waals surface area contributed by atoms with Crippen LogP contribution >= 0.6 is 34.2 Å². The summed E-state index contributed by atoms with van der Waals surface area (Å²) in [6, 6.07) is 19.9. The molecule has 32 heavy (non-hydrogen) atoms. The topological polar surface area (TPSA) is 111 Å². The third kappa shape index (κ3) is 4.97. The van der Waals surface area contributed by atoms with Crippen molar-refractivity contribution in [2.75, 3.05) is 0 Å². The van der Waals surface area contributed by atoms with E-state index in [1.54, 1.807) is 48.5 Å². The first-order chi connectivity index (χ1) is 15.4. The van der Waals surface area contributed by atoms with Crippen LogP contribution in [0.25, 0.3) is 11.0 Å². The van der Waals surface area contributed by atoms with Gasteiger partial charge in [0.1, 0.15) is 11.9 Å². The average Bonchev–Trinajstić information content (AvgIpc) is 3.22. The molecule has 160 valence electrons. The van der Waals surface area contributed by atoms with Crippen LogP contribution in [0, 0.1) is 8.98 Å². The molecule has 4 rings (SSSR count). The minimum Gasteiger partial charge on any atom is -0.334 e. The first-order valence-corrected chi connectivity index (χ1v) is 11.0. The van der Waals surface area contributed by atoms with E-state index in [0.717, 1.165) is 9.09 Å². The highest BCUT2D eigenvalue weighted by atomic mass is 127.